The first-order valence-corrected chi connectivity index (χ1v) is 14.5. The highest BCUT2D eigenvalue weighted by atomic mass is 32.2. The SMILES string of the molecule is N#CC1(NC(=O)C2CCCCC2)CC1.O=S1CCN(c2ccc(-c3csc(C(F)(F)F)n3)cc2)CC1. The summed E-state index contributed by atoms with van der Waals surface area (Å²) < 4.78 is 49.1. The maximum absolute atomic E-state index is 12.6. The molecule has 2 heterocycles. The lowest BCUT2D eigenvalue weighted by Gasteiger charge is -2.28. The molecule has 194 valence electrons. The summed E-state index contributed by atoms with van der Waals surface area (Å²) in [6, 6.07) is 9.48. The summed E-state index contributed by atoms with van der Waals surface area (Å²) in [5.41, 5.74) is 1.51. The number of nitrogens with one attached hydrogen (secondary N) is 1. The molecule has 5 rings (SSSR count). The number of rotatable bonds is 4. The Balaban J connectivity index is 0.000000187. The maximum Gasteiger partial charge on any atom is 0.443 e. The average molecular weight is 539 g/mol. The fourth-order valence-corrected chi connectivity index (χ4v) is 6.12. The number of thiazole rings is 1. The van der Waals surface area contributed by atoms with Crippen LogP contribution in [0.3, 0.4) is 0 Å². The molecule has 1 aromatic heterocycles. The molecule has 36 heavy (non-hydrogen) atoms. The van der Waals surface area contributed by atoms with Gasteiger partial charge in [-0.3, -0.25) is 9.00 Å². The maximum atomic E-state index is 12.6. The van der Waals surface area contributed by atoms with Crippen LogP contribution < -0.4 is 10.2 Å². The first-order valence-electron chi connectivity index (χ1n) is 12.2. The van der Waals surface area contributed by atoms with E-state index >= 15 is 0 Å². The van der Waals surface area contributed by atoms with Gasteiger partial charge in [-0.25, -0.2) is 4.98 Å². The van der Waals surface area contributed by atoms with Crippen LogP contribution in [-0.2, 0) is 21.8 Å². The van der Waals surface area contributed by atoms with Gasteiger partial charge >= 0.3 is 6.18 Å². The monoisotopic (exact) mass is 538 g/mol. The third-order valence-corrected chi connectivity index (χ3v) is 8.92. The number of nitrogens with zero attached hydrogens (tertiary/aromatic N) is 3. The predicted molar refractivity (Wildman–Crippen MR) is 135 cm³/mol. The Labute approximate surface area is 215 Å². The molecule has 1 amide bonds. The van der Waals surface area contributed by atoms with Gasteiger partial charge in [0.25, 0.3) is 0 Å². The Bertz CT molecular complexity index is 1110. The Morgan fingerprint density at radius 2 is 1.78 bits per heavy atom. The number of carbonyl (C=O) groups excluding carboxylic acids is 1. The first-order chi connectivity index (χ1) is 17.2. The molecule has 1 aromatic carbocycles. The molecule has 2 saturated carbocycles. The smallest absolute Gasteiger partial charge is 0.370 e. The van der Waals surface area contributed by atoms with Crippen molar-refractivity contribution in [3.8, 4) is 17.3 Å². The van der Waals surface area contributed by atoms with Crippen LogP contribution in [0.5, 0.6) is 0 Å². The van der Waals surface area contributed by atoms with Crippen molar-refractivity contribution < 1.29 is 22.2 Å². The van der Waals surface area contributed by atoms with E-state index in [-0.39, 0.29) is 11.8 Å². The van der Waals surface area contributed by atoms with E-state index in [1.165, 1.54) is 11.8 Å². The van der Waals surface area contributed by atoms with Crippen molar-refractivity contribution >= 4 is 33.7 Å². The number of carbonyl (C=O) groups is 1. The lowest BCUT2D eigenvalue weighted by Crippen LogP contribution is -2.40. The lowest BCUT2D eigenvalue weighted by atomic mass is 9.88. The molecule has 2 aliphatic carbocycles. The van der Waals surface area contributed by atoms with Crippen molar-refractivity contribution in [3.63, 3.8) is 0 Å². The minimum absolute atomic E-state index is 0.115. The van der Waals surface area contributed by atoms with Gasteiger partial charge in [0, 0.05) is 57.9 Å². The fourth-order valence-electron chi connectivity index (χ4n) is 4.37. The fraction of sp³-hybridized carbons (Fsp3) is 0.560. The molecule has 1 N–H and O–H groups in total. The van der Waals surface area contributed by atoms with Crippen molar-refractivity contribution in [1.82, 2.24) is 10.3 Å². The van der Waals surface area contributed by atoms with Crippen molar-refractivity contribution in [2.24, 2.45) is 5.92 Å². The van der Waals surface area contributed by atoms with Gasteiger partial charge in [0.15, 0.2) is 5.01 Å². The Kier molecular flexibility index (Phi) is 8.35. The normalized spacial score (nSPS) is 20.1. The zero-order valence-electron chi connectivity index (χ0n) is 19.9. The van der Waals surface area contributed by atoms with Gasteiger partial charge < -0.3 is 10.2 Å². The number of aromatic nitrogens is 1. The van der Waals surface area contributed by atoms with Crippen molar-refractivity contribution in [1.29, 1.82) is 5.26 Å². The summed E-state index contributed by atoms with van der Waals surface area (Å²) in [6.07, 6.45) is 2.87. The molecular formula is C25H29F3N4O2S2. The van der Waals surface area contributed by atoms with Crippen LogP contribution in [0.2, 0.25) is 0 Å². The number of hydrogen-bond donors (Lipinski definition) is 1. The molecule has 0 radical (unpaired) electrons. The van der Waals surface area contributed by atoms with Crippen LogP contribution in [0.25, 0.3) is 11.3 Å². The van der Waals surface area contributed by atoms with E-state index in [1.807, 2.05) is 12.1 Å². The second-order valence-electron chi connectivity index (χ2n) is 9.44. The van der Waals surface area contributed by atoms with Gasteiger partial charge in [0.05, 0.1) is 11.8 Å². The highest BCUT2D eigenvalue weighted by Gasteiger charge is 2.45. The third-order valence-electron chi connectivity index (χ3n) is 6.76. The highest BCUT2D eigenvalue weighted by molar-refractivity contribution is 7.85. The molecule has 3 aliphatic rings. The van der Waals surface area contributed by atoms with Crippen LogP contribution in [0.1, 0.15) is 50.0 Å². The number of alkyl halides is 3. The molecule has 2 aromatic rings. The molecule has 6 nitrogen and oxygen atoms in total. The quantitative estimate of drug-likeness (QED) is 0.583. The van der Waals surface area contributed by atoms with E-state index in [2.05, 4.69) is 21.3 Å². The molecule has 0 bridgehead atoms. The van der Waals surface area contributed by atoms with Gasteiger partial charge in [0.1, 0.15) is 5.54 Å². The zero-order valence-corrected chi connectivity index (χ0v) is 21.5. The van der Waals surface area contributed by atoms with E-state index in [0.29, 0.717) is 34.1 Å². The summed E-state index contributed by atoms with van der Waals surface area (Å²) in [5, 5.41) is 12.3. The van der Waals surface area contributed by atoms with Crippen LogP contribution in [0, 0.1) is 17.2 Å². The number of benzene rings is 1. The van der Waals surface area contributed by atoms with Crippen molar-refractivity contribution in [2.75, 3.05) is 29.5 Å². The largest absolute Gasteiger partial charge is 0.443 e. The van der Waals surface area contributed by atoms with E-state index in [9.17, 15) is 22.2 Å². The number of nitriles is 1. The van der Waals surface area contributed by atoms with Crippen LogP contribution >= 0.6 is 11.3 Å². The van der Waals surface area contributed by atoms with Gasteiger partial charge in [-0.1, -0.05) is 31.4 Å². The minimum atomic E-state index is -4.40. The van der Waals surface area contributed by atoms with Crippen LogP contribution in [0.4, 0.5) is 18.9 Å². The van der Waals surface area contributed by atoms with Crippen molar-refractivity contribution in [3.05, 3.63) is 34.7 Å². The standard InChI is InChI=1S/C14H13F3N2OS2.C11H16N2O/c15-14(16,17)13-18-12(9-21-13)10-1-3-11(4-2-10)19-5-7-22(20)8-6-19;12-8-11(6-7-11)13-10(14)9-4-2-1-3-5-9/h1-4,9H,5-8H2;9H,1-7H2,(H,13,14). The molecular weight excluding hydrogens is 509 g/mol. The molecule has 1 aliphatic heterocycles. The third kappa shape index (κ3) is 6.85. The number of amides is 1. The Morgan fingerprint density at radius 1 is 1.14 bits per heavy atom. The molecule has 0 unspecified atom stereocenters. The number of hydrogen-bond acceptors (Lipinski definition) is 6. The topological polar surface area (TPSA) is 86.1 Å². The predicted octanol–water partition coefficient (Wildman–Crippen LogP) is 5.14. The highest BCUT2D eigenvalue weighted by Crippen LogP contribution is 2.36. The van der Waals surface area contributed by atoms with E-state index in [1.54, 1.807) is 12.1 Å². The number of anilines is 1. The number of halogens is 3. The second kappa shape index (κ2) is 11.3. The molecule has 0 atom stereocenters. The Morgan fingerprint density at radius 3 is 2.31 bits per heavy atom. The summed E-state index contributed by atoms with van der Waals surface area (Å²) in [5.74, 6) is 1.60. The van der Waals surface area contributed by atoms with Crippen molar-refractivity contribution in [2.45, 2.75) is 56.7 Å². The zero-order chi connectivity index (χ0) is 25.8. The molecule has 1 saturated heterocycles. The minimum Gasteiger partial charge on any atom is -0.370 e. The summed E-state index contributed by atoms with van der Waals surface area (Å²) in [4.78, 5) is 17.5. The second-order valence-corrected chi connectivity index (χ2v) is 12.0. The van der Waals surface area contributed by atoms with E-state index in [4.69, 9.17) is 5.26 Å². The lowest BCUT2D eigenvalue weighted by molar-refractivity contribution is -0.137. The molecule has 0 spiro atoms. The van der Waals surface area contributed by atoms with Gasteiger partial charge in [-0.15, -0.1) is 11.3 Å². The first kappa shape index (κ1) is 26.6. The van der Waals surface area contributed by atoms with Gasteiger partial charge in [-0.05, 0) is 37.8 Å². The Hall–Kier alpha value is -2.45. The summed E-state index contributed by atoms with van der Waals surface area (Å²) in [7, 11) is -0.731. The van der Waals surface area contributed by atoms with Crippen LogP contribution in [0.15, 0.2) is 29.6 Å². The summed E-state index contributed by atoms with van der Waals surface area (Å²) in [6.45, 7) is 1.47. The van der Waals surface area contributed by atoms with E-state index < -0.39 is 27.5 Å². The van der Waals surface area contributed by atoms with Crippen LogP contribution in [-0.4, -0.2) is 45.2 Å². The van der Waals surface area contributed by atoms with E-state index in [0.717, 1.165) is 57.3 Å². The molecule has 3 fully saturated rings. The average Bonchev–Trinajstić information content (AvgIpc) is 3.46. The molecule has 11 heteroatoms. The van der Waals surface area contributed by atoms with Gasteiger partial charge in [-0.2, -0.15) is 18.4 Å². The van der Waals surface area contributed by atoms with Gasteiger partial charge in [0.2, 0.25) is 5.91 Å². The summed E-state index contributed by atoms with van der Waals surface area (Å²) >= 11 is 0.603.